The molecule has 1 aromatic carbocycles. The molecular weight excluding hydrogens is 242 g/mol. The van der Waals surface area contributed by atoms with Crippen LogP contribution in [0.3, 0.4) is 0 Å². The second-order valence-corrected chi connectivity index (χ2v) is 4.34. The van der Waals surface area contributed by atoms with Crippen LogP contribution in [0.5, 0.6) is 0 Å². The summed E-state index contributed by atoms with van der Waals surface area (Å²) in [6, 6.07) is 4.92. The number of nitrogens with zero attached hydrogens (tertiary/aromatic N) is 1. The monoisotopic (exact) mass is 255 g/mol. The lowest BCUT2D eigenvalue weighted by atomic mass is 10.2. The Kier molecular flexibility index (Phi) is 4.96. The number of hydrogen-bond acceptors (Lipinski definition) is 5. The average Bonchev–Trinajstić information content (AvgIpc) is 2.27. The van der Waals surface area contributed by atoms with Gasteiger partial charge in [0.05, 0.1) is 22.2 Å². The third-order valence-corrected chi connectivity index (χ3v) is 3.00. The van der Waals surface area contributed by atoms with E-state index in [1.165, 1.54) is 6.07 Å². The Morgan fingerprint density at radius 1 is 1.53 bits per heavy atom. The number of nitro benzene ring substituents is 1. The lowest BCUT2D eigenvalue weighted by Crippen LogP contribution is -2.06. The zero-order valence-electron chi connectivity index (χ0n) is 9.63. The molecule has 0 aliphatic rings. The van der Waals surface area contributed by atoms with Crippen molar-refractivity contribution in [2.24, 2.45) is 0 Å². The fourth-order valence-electron chi connectivity index (χ4n) is 1.23. The second kappa shape index (κ2) is 6.24. The number of ether oxygens (including phenoxy) is 1. The average molecular weight is 255 g/mol. The maximum Gasteiger partial charge on any atom is 0.316 e. The topological polar surface area (TPSA) is 69.4 Å². The Balaban J connectivity index is 2.77. The Morgan fingerprint density at radius 3 is 2.82 bits per heavy atom. The van der Waals surface area contributed by atoms with Crippen molar-refractivity contribution in [3.05, 3.63) is 33.9 Å². The van der Waals surface area contributed by atoms with Crippen LogP contribution in [0.2, 0.25) is 0 Å². The van der Waals surface area contributed by atoms with E-state index in [-0.39, 0.29) is 17.4 Å². The molecular formula is C11H13NO4S. The van der Waals surface area contributed by atoms with Crippen molar-refractivity contribution in [3.63, 3.8) is 0 Å². The van der Waals surface area contributed by atoms with Crippen LogP contribution >= 0.6 is 11.8 Å². The van der Waals surface area contributed by atoms with E-state index in [1.807, 2.05) is 0 Å². The number of benzene rings is 1. The van der Waals surface area contributed by atoms with E-state index in [4.69, 9.17) is 4.74 Å². The zero-order valence-corrected chi connectivity index (χ0v) is 10.5. The molecule has 1 aromatic rings. The maximum atomic E-state index is 11.2. The molecule has 0 radical (unpaired) electrons. The van der Waals surface area contributed by atoms with E-state index in [0.29, 0.717) is 11.5 Å². The first kappa shape index (κ1) is 13.5. The quantitative estimate of drug-likeness (QED) is 0.350. The third kappa shape index (κ3) is 4.07. The summed E-state index contributed by atoms with van der Waals surface area (Å²) in [4.78, 5) is 22.0. The number of thioether (sulfide) groups is 1. The van der Waals surface area contributed by atoms with E-state index in [1.54, 1.807) is 26.0 Å². The molecule has 0 bridgehead atoms. The van der Waals surface area contributed by atoms with Gasteiger partial charge in [0.1, 0.15) is 0 Å². The van der Waals surface area contributed by atoms with Crippen LogP contribution < -0.4 is 0 Å². The van der Waals surface area contributed by atoms with Gasteiger partial charge in [0, 0.05) is 6.07 Å². The molecule has 0 aromatic heterocycles. The second-order valence-electron chi connectivity index (χ2n) is 3.32. The number of rotatable bonds is 5. The van der Waals surface area contributed by atoms with Gasteiger partial charge in [-0.2, -0.15) is 0 Å². The molecule has 0 atom stereocenters. The minimum Gasteiger partial charge on any atom is -0.465 e. The molecule has 0 fully saturated rings. The normalized spacial score (nSPS) is 10.0. The predicted molar refractivity (Wildman–Crippen MR) is 65.2 cm³/mol. The van der Waals surface area contributed by atoms with Crippen molar-refractivity contribution in [2.45, 2.75) is 18.7 Å². The van der Waals surface area contributed by atoms with Crippen molar-refractivity contribution in [1.29, 1.82) is 0 Å². The van der Waals surface area contributed by atoms with Crippen molar-refractivity contribution in [2.75, 3.05) is 12.4 Å². The van der Waals surface area contributed by atoms with Crippen LogP contribution in [-0.2, 0) is 9.53 Å². The maximum absolute atomic E-state index is 11.2. The lowest BCUT2D eigenvalue weighted by molar-refractivity contribution is -0.387. The zero-order chi connectivity index (χ0) is 12.8. The van der Waals surface area contributed by atoms with Gasteiger partial charge in [-0.15, -0.1) is 11.8 Å². The van der Waals surface area contributed by atoms with Gasteiger partial charge in [-0.05, 0) is 25.5 Å². The van der Waals surface area contributed by atoms with E-state index < -0.39 is 4.92 Å². The largest absolute Gasteiger partial charge is 0.465 e. The highest BCUT2D eigenvalue weighted by atomic mass is 32.2. The molecule has 0 heterocycles. The van der Waals surface area contributed by atoms with Crippen molar-refractivity contribution in [1.82, 2.24) is 0 Å². The van der Waals surface area contributed by atoms with Gasteiger partial charge < -0.3 is 4.74 Å². The Labute approximate surface area is 103 Å². The molecule has 0 spiro atoms. The summed E-state index contributed by atoms with van der Waals surface area (Å²) in [6.45, 7) is 3.82. The fraction of sp³-hybridized carbons (Fsp3) is 0.364. The predicted octanol–water partition coefficient (Wildman–Crippen LogP) is 2.56. The number of aryl methyl sites for hydroxylation is 1. The molecule has 1 rings (SSSR count). The SMILES string of the molecule is CCOC(=O)CSc1ccc(C)cc1[N+](=O)[O-]. The van der Waals surface area contributed by atoms with Crippen LogP contribution in [0.1, 0.15) is 12.5 Å². The summed E-state index contributed by atoms with van der Waals surface area (Å²) >= 11 is 1.12. The first-order valence-electron chi connectivity index (χ1n) is 5.08. The van der Waals surface area contributed by atoms with E-state index in [0.717, 1.165) is 17.3 Å². The van der Waals surface area contributed by atoms with Crippen LogP contribution in [0, 0.1) is 17.0 Å². The summed E-state index contributed by atoms with van der Waals surface area (Å²) in [5, 5.41) is 10.8. The first-order chi connectivity index (χ1) is 8.04. The highest BCUT2D eigenvalue weighted by Crippen LogP contribution is 2.29. The van der Waals surface area contributed by atoms with Gasteiger partial charge in [-0.3, -0.25) is 14.9 Å². The Hall–Kier alpha value is -1.56. The molecule has 6 heteroatoms. The Bertz CT molecular complexity index is 433. The number of esters is 1. The summed E-state index contributed by atoms with van der Waals surface area (Å²) in [7, 11) is 0. The molecule has 0 saturated heterocycles. The van der Waals surface area contributed by atoms with Crippen molar-refractivity contribution < 1.29 is 14.5 Å². The van der Waals surface area contributed by atoms with Gasteiger partial charge in [0.15, 0.2) is 0 Å². The molecule has 5 nitrogen and oxygen atoms in total. The van der Waals surface area contributed by atoms with Crippen LogP contribution in [0.15, 0.2) is 23.1 Å². The van der Waals surface area contributed by atoms with Crippen molar-refractivity contribution in [3.8, 4) is 0 Å². The summed E-state index contributed by atoms with van der Waals surface area (Å²) < 4.78 is 4.76. The van der Waals surface area contributed by atoms with Gasteiger partial charge >= 0.3 is 5.97 Å². The molecule has 0 N–H and O–H groups in total. The first-order valence-corrected chi connectivity index (χ1v) is 6.06. The van der Waals surface area contributed by atoms with Crippen LogP contribution in [0.25, 0.3) is 0 Å². The van der Waals surface area contributed by atoms with E-state index in [9.17, 15) is 14.9 Å². The molecule has 0 aliphatic carbocycles. The molecule has 92 valence electrons. The number of hydrogen-bond donors (Lipinski definition) is 0. The number of carbonyl (C=O) groups excluding carboxylic acids is 1. The van der Waals surface area contributed by atoms with Crippen molar-refractivity contribution >= 4 is 23.4 Å². The third-order valence-electron chi connectivity index (χ3n) is 1.96. The molecule has 0 amide bonds. The van der Waals surface area contributed by atoms with Gasteiger partial charge in [-0.25, -0.2) is 0 Å². The standard InChI is InChI=1S/C11H13NO4S/c1-3-16-11(13)7-17-10-5-4-8(2)6-9(10)12(14)15/h4-6H,3,7H2,1-2H3. The summed E-state index contributed by atoms with van der Waals surface area (Å²) in [6.07, 6.45) is 0. The number of carbonyl (C=O) groups is 1. The van der Waals surface area contributed by atoms with E-state index in [2.05, 4.69) is 0 Å². The van der Waals surface area contributed by atoms with E-state index >= 15 is 0 Å². The molecule has 0 unspecified atom stereocenters. The number of nitro groups is 1. The summed E-state index contributed by atoms with van der Waals surface area (Å²) in [5.41, 5.74) is 0.844. The minimum absolute atomic E-state index is 0.0271. The highest BCUT2D eigenvalue weighted by molar-refractivity contribution is 8.00. The van der Waals surface area contributed by atoms with Crippen LogP contribution in [0.4, 0.5) is 5.69 Å². The van der Waals surface area contributed by atoms with Gasteiger partial charge in [0.2, 0.25) is 0 Å². The fourth-order valence-corrected chi connectivity index (χ4v) is 2.03. The smallest absolute Gasteiger partial charge is 0.316 e. The minimum atomic E-state index is -0.444. The molecule has 0 saturated carbocycles. The van der Waals surface area contributed by atoms with Crippen LogP contribution in [-0.4, -0.2) is 23.3 Å². The molecule has 0 aliphatic heterocycles. The lowest BCUT2D eigenvalue weighted by Gasteiger charge is -2.03. The molecule has 17 heavy (non-hydrogen) atoms. The highest BCUT2D eigenvalue weighted by Gasteiger charge is 2.15. The Morgan fingerprint density at radius 2 is 2.24 bits per heavy atom. The summed E-state index contributed by atoms with van der Waals surface area (Å²) in [5.74, 6) is -0.287. The van der Waals surface area contributed by atoms with Gasteiger partial charge in [-0.1, -0.05) is 6.07 Å². The van der Waals surface area contributed by atoms with Gasteiger partial charge in [0.25, 0.3) is 5.69 Å².